The average Bonchev–Trinajstić information content (AvgIpc) is 3.65. The van der Waals surface area contributed by atoms with E-state index in [0.29, 0.717) is 23.7 Å². The summed E-state index contributed by atoms with van der Waals surface area (Å²) in [4.78, 5) is 0. The predicted molar refractivity (Wildman–Crippen MR) is 240 cm³/mol. The van der Waals surface area contributed by atoms with Crippen molar-refractivity contribution in [2.45, 2.75) is 43.4 Å². The van der Waals surface area contributed by atoms with Crippen LogP contribution in [0, 0.1) is 11.8 Å². The van der Waals surface area contributed by atoms with Gasteiger partial charge in [-0.2, -0.15) is 0 Å². The van der Waals surface area contributed by atoms with Gasteiger partial charge in [0.1, 0.15) is 0 Å². The summed E-state index contributed by atoms with van der Waals surface area (Å²) in [5.41, 5.74) is 15.7. The molecule has 4 unspecified atom stereocenters. The van der Waals surface area contributed by atoms with E-state index in [0.717, 1.165) is 19.3 Å². The van der Waals surface area contributed by atoms with Crippen LogP contribution in [0.4, 0.5) is 0 Å². The molecule has 0 N–H and O–H groups in total. The van der Waals surface area contributed by atoms with E-state index in [-0.39, 0.29) is 5.41 Å². The normalized spacial score (nSPS) is 24.5. The van der Waals surface area contributed by atoms with Gasteiger partial charge in [0.05, 0.1) is 0 Å². The summed E-state index contributed by atoms with van der Waals surface area (Å²) in [6.07, 6.45) is 25.3. The lowest BCUT2D eigenvalue weighted by atomic mass is 9.58. The predicted octanol–water partition coefficient (Wildman–Crippen LogP) is 14.8. The van der Waals surface area contributed by atoms with E-state index in [1.165, 1.54) is 86.6 Å². The molecule has 0 saturated heterocycles. The van der Waals surface area contributed by atoms with Crippen LogP contribution < -0.4 is 0 Å². The molecule has 5 atom stereocenters. The molecule has 0 bridgehead atoms. The molecule has 1 heteroatoms. The zero-order valence-corrected chi connectivity index (χ0v) is 32.4. The van der Waals surface area contributed by atoms with Crippen molar-refractivity contribution >= 4 is 65.6 Å². The lowest BCUT2D eigenvalue weighted by Crippen LogP contribution is -2.36. The van der Waals surface area contributed by atoms with Crippen LogP contribution in [-0.4, -0.2) is 0 Å². The number of hydrogen-bond donors (Lipinski definition) is 0. The van der Waals surface area contributed by atoms with Gasteiger partial charge in [-0.3, -0.25) is 0 Å². The summed E-state index contributed by atoms with van der Waals surface area (Å²) in [6, 6.07) is 45.9. The Kier molecular flexibility index (Phi) is 7.18. The second-order valence-corrected chi connectivity index (χ2v) is 17.8. The summed E-state index contributed by atoms with van der Waals surface area (Å²) in [5, 5.41) is 5.50. The van der Waals surface area contributed by atoms with Crippen molar-refractivity contribution in [1.29, 1.82) is 0 Å². The molecule has 5 aliphatic rings. The van der Waals surface area contributed by atoms with Crippen molar-refractivity contribution in [3.8, 4) is 0 Å². The maximum Gasteiger partial charge on any atom is 0.0437 e. The number of hydrogen-bond acceptors (Lipinski definition) is 1. The topological polar surface area (TPSA) is 0 Å². The highest BCUT2D eigenvalue weighted by Crippen LogP contribution is 2.57. The first-order valence-electron chi connectivity index (χ1n) is 20.4. The largest absolute Gasteiger partial charge is 0.135 e. The minimum absolute atomic E-state index is 0.155. The van der Waals surface area contributed by atoms with E-state index < -0.39 is 0 Å². The SMILES string of the molecule is CC12C=CC=CC1C(C1CC=Cc3ccccc31)=Cc1c2cc(C2=CCC3C[C@H](c4cccc5ccccc45)c4ccccc4C3=C2)c2c1sc1ccccc12. The fourth-order valence-corrected chi connectivity index (χ4v) is 12.5. The van der Waals surface area contributed by atoms with Gasteiger partial charge in [0, 0.05) is 43.3 Å². The van der Waals surface area contributed by atoms with Crippen molar-refractivity contribution in [3.05, 3.63) is 214 Å². The Bertz CT molecular complexity index is 2980. The third-order valence-corrected chi connectivity index (χ3v) is 15.1. The Hall–Kier alpha value is -5.76. The van der Waals surface area contributed by atoms with Crippen LogP contribution in [0.3, 0.4) is 0 Å². The second-order valence-electron chi connectivity index (χ2n) is 16.8. The molecule has 7 aromatic rings. The highest BCUT2D eigenvalue weighted by Gasteiger charge is 2.44. The van der Waals surface area contributed by atoms with Gasteiger partial charge in [-0.05, 0) is 104 Å². The molecule has 0 saturated carbocycles. The zero-order chi connectivity index (χ0) is 37.0. The zero-order valence-electron chi connectivity index (χ0n) is 31.6. The van der Waals surface area contributed by atoms with Gasteiger partial charge in [0.2, 0.25) is 0 Å². The highest BCUT2D eigenvalue weighted by molar-refractivity contribution is 7.26. The first-order chi connectivity index (χ1) is 27.6. The van der Waals surface area contributed by atoms with Crippen molar-refractivity contribution in [2.24, 2.45) is 11.8 Å². The van der Waals surface area contributed by atoms with Crippen LogP contribution in [0.15, 0.2) is 169 Å². The van der Waals surface area contributed by atoms with Crippen molar-refractivity contribution in [3.63, 3.8) is 0 Å². The number of thiophene rings is 1. The van der Waals surface area contributed by atoms with Gasteiger partial charge in [0.15, 0.2) is 0 Å². The van der Waals surface area contributed by atoms with Gasteiger partial charge in [-0.25, -0.2) is 0 Å². The van der Waals surface area contributed by atoms with E-state index in [4.69, 9.17) is 0 Å². The van der Waals surface area contributed by atoms with Gasteiger partial charge in [0.25, 0.3) is 0 Å². The third-order valence-electron chi connectivity index (χ3n) is 13.9. The van der Waals surface area contributed by atoms with Crippen molar-refractivity contribution in [1.82, 2.24) is 0 Å². The van der Waals surface area contributed by atoms with Gasteiger partial charge in [-0.1, -0.05) is 176 Å². The van der Waals surface area contributed by atoms with Gasteiger partial charge in [-0.15, -0.1) is 11.3 Å². The van der Waals surface area contributed by atoms with E-state index >= 15 is 0 Å². The lowest BCUT2D eigenvalue weighted by Gasteiger charge is -2.45. The Balaban J connectivity index is 1.05. The van der Waals surface area contributed by atoms with E-state index in [1.807, 2.05) is 11.3 Å². The van der Waals surface area contributed by atoms with Gasteiger partial charge < -0.3 is 0 Å². The van der Waals surface area contributed by atoms with Crippen LogP contribution in [0.25, 0.3) is 54.2 Å². The second kappa shape index (κ2) is 12.4. The number of fused-ring (bicyclic) bond motifs is 12. The third kappa shape index (κ3) is 4.71. The fourth-order valence-electron chi connectivity index (χ4n) is 11.3. The molecule has 1 heterocycles. The molecule has 0 radical (unpaired) electrons. The molecule has 268 valence electrons. The maximum absolute atomic E-state index is 2.63. The summed E-state index contributed by atoms with van der Waals surface area (Å²) in [7, 11) is 0. The number of benzene rings is 6. The lowest BCUT2D eigenvalue weighted by molar-refractivity contribution is 0.450. The average molecular weight is 735 g/mol. The highest BCUT2D eigenvalue weighted by atomic mass is 32.1. The molecule has 12 rings (SSSR count). The Morgan fingerprint density at radius 1 is 0.679 bits per heavy atom. The standard InChI is InChI=1S/C55H42S/c1-55-29-11-10-25-50(55)48(41-24-13-17-35-15-3-5-19-39(35)41)32-49-51(55)33-46(53-44-22-8-9-26-52(44)56-54(49)53)37-28-27-36-31-47(43-21-7-6-20-42(43)45(36)30-37)40-23-12-16-34-14-2-4-18-38(34)40/h2-23,25-26,28-30,32-33,36,41,47,50H,24,27,31H2,1H3/t36?,41?,47-,50?,55?/m1/s1. The Labute approximate surface area is 333 Å². The van der Waals surface area contributed by atoms with Crippen LogP contribution in [-0.2, 0) is 5.41 Å². The summed E-state index contributed by atoms with van der Waals surface area (Å²) in [6.45, 7) is 2.51. The molecular formula is C55H42S. The molecule has 1 aromatic heterocycles. The molecule has 0 aliphatic heterocycles. The minimum atomic E-state index is -0.155. The Morgan fingerprint density at radius 2 is 1.46 bits per heavy atom. The molecule has 56 heavy (non-hydrogen) atoms. The summed E-state index contributed by atoms with van der Waals surface area (Å²) < 4.78 is 2.80. The van der Waals surface area contributed by atoms with Crippen LogP contribution in [0.5, 0.6) is 0 Å². The van der Waals surface area contributed by atoms with Crippen molar-refractivity contribution in [2.75, 3.05) is 0 Å². The first kappa shape index (κ1) is 32.5. The molecule has 0 fully saturated rings. The van der Waals surface area contributed by atoms with Crippen LogP contribution in [0.2, 0.25) is 0 Å². The molecule has 0 spiro atoms. The first-order valence-corrected chi connectivity index (χ1v) is 21.3. The fraction of sp³-hybridized carbons (Fsp3) is 0.164. The van der Waals surface area contributed by atoms with Crippen molar-refractivity contribution < 1.29 is 0 Å². The number of rotatable bonds is 3. The molecule has 6 aromatic carbocycles. The van der Waals surface area contributed by atoms with E-state index in [1.54, 1.807) is 5.57 Å². The molecule has 0 amide bonds. The van der Waals surface area contributed by atoms with E-state index in [2.05, 4.69) is 183 Å². The van der Waals surface area contributed by atoms with Crippen LogP contribution in [0.1, 0.15) is 82.5 Å². The van der Waals surface area contributed by atoms with Gasteiger partial charge >= 0.3 is 0 Å². The van der Waals surface area contributed by atoms with Crippen LogP contribution >= 0.6 is 11.3 Å². The number of allylic oxidation sites excluding steroid dienone is 10. The molecule has 0 nitrogen and oxygen atoms in total. The maximum atomic E-state index is 2.63. The smallest absolute Gasteiger partial charge is 0.0437 e. The molecule has 5 aliphatic carbocycles. The minimum Gasteiger partial charge on any atom is -0.135 e. The molecular weight excluding hydrogens is 693 g/mol. The summed E-state index contributed by atoms with van der Waals surface area (Å²) in [5.74, 6) is 1.52. The monoisotopic (exact) mass is 734 g/mol. The quantitative estimate of drug-likeness (QED) is 0.170. The van der Waals surface area contributed by atoms with E-state index in [9.17, 15) is 0 Å². The Morgan fingerprint density at radius 3 is 2.41 bits per heavy atom. The summed E-state index contributed by atoms with van der Waals surface area (Å²) >= 11 is 1.99.